The van der Waals surface area contributed by atoms with Crippen molar-refractivity contribution in [1.82, 2.24) is 24.5 Å². The number of hydrogen-bond donors (Lipinski definition) is 0. The summed E-state index contributed by atoms with van der Waals surface area (Å²) in [6.07, 6.45) is 3.12. The molecule has 1 aromatic carbocycles. The lowest BCUT2D eigenvalue weighted by molar-refractivity contribution is 0.0625. The smallest absolute Gasteiger partial charge is 0.275 e. The molecule has 0 saturated heterocycles. The van der Waals surface area contributed by atoms with E-state index in [1.807, 2.05) is 43.6 Å². The number of aryl methyl sites for hydroxylation is 5. The molecule has 0 aliphatic heterocycles. The Labute approximate surface area is 165 Å². The van der Waals surface area contributed by atoms with Gasteiger partial charge in [-0.15, -0.1) is 0 Å². The van der Waals surface area contributed by atoms with Crippen molar-refractivity contribution in [3.05, 3.63) is 70.3 Å². The molecule has 0 fully saturated rings. The molecule has 0 saturated carbocycles. The van der Waals surface area contributed by atoms with E-state index in [1.54, 1.807) is 4.68 Å². The first kappa shape index (κ1) is 18.5. The Hall–Kier alpha value is -2.89. The third-order valence-electron chi connectivity index (χ3n) is 5.74. The molecule has 0 N–H and O–H groups in total. The molecule has 0 spiro atoms. The first-order valence-corrected chi connectivity index (χ1v) is 9.83. The lowest BCUT2D eigenvalue weighted by Crippen LogP contribution is -2.37. The molecule has 0 radical (unpaired) electrons. The number of rotatable bonds is 4. The van der Waals surface area contributed by atoms with Crippen LogP contribution in [0.2, 0.25) is 0 Å². The molecule has 4 rings (SSSR count). The summed E-state index contributed by atoms with van der Waals surface area (Å²) in [5, 5.41) is 8.92. The first-order chi connectivity index (χ1) is 13.4. The summed E-state index contributed by atoms with van der Waals surface area (Å²) in [5.41, 5.74) is 6.07. The predicted molar refractivity (Wildman–Crippen MR) is 108 cm³/mol. The van der Waals surface area contributed by atoms with Crippen LogP contribution in [0.5, 0.6) is 0 Å². The van der Waals surface area contributed by atoms with Crippen molar-refractivity contribution in [3.8, 4) is 0 Å². The minimum Gasteiger partial charge on any atom is -0.324 e. The molecule has 2 heterocycles. The van der Waals surface area contributed by atoms with Gasteiger partial charge >= 0.3 is 0 Å². The van der Waals surface area contributed by atoms with Crippen LogP contribution in [-0.2, 0) is 27.1 Å². The predicted octanol–water partition coefficient (Wildman–Crippen LogP) is 3.49. The number of fused-ring (bicyclic) bond motifs is 1. The molecule has 3 aromatic rings. The van der Waals surface area contributed by atoms with Crippen molar-refractivity contribution in [2.75, 3.05) is 0 Å². The zero-order valence-electron chi connectivity index (χ0n) is 17.0. The van der Waals surface area contributed by atoms with Crippen molar-refractivity contribution in [1.29, 1.82) is 0 Å². The maximum atomic E-state index is 13.6. The Morgan fingerprint density at radius 3 is 2.61 bits per heavy atom. The van der Waals surface area contributed by atoms with Gasteiger partial charge in [-0.2, -0.15) is 10.2 Å². The van der Waals surface area contributed by atoms with Crippen LogP contribution in [0.25, 0.3) is 0 Å². The van der Waals surface area contributed by atoms with Crippen LogP contribution in [-0.4, -0.2) is 30.4 Å². The van der Waals surface area contributed by atoms with Crippen LogP contribution < -0.4 is 0 Å². The van der Waals surface area contributed by atoms with E-state index in [9.17, 15) is 4.79 Å². The SMILES string of the molecule is Cc1cc(CN(C(=O)c2cc(C)n(C)n2)[C@@H]2CCCc3ccccc32)n(C)n1. The average Bonchev–Trinajstić information content (AvgIpc) is 3.19. The summed E-state index contributed by atoms with van der Waals surface area (Å²) in [7, 11) is 3.81. The van der Waals surface area contributed by atoms with Crippen LogP contribution >= 0.6 is 0 Å². The number of benzene rings is 1. The number of carbonyl (C=O) groups excluding carboxylic acids is 1. The lowest BCUT2D eigenvalue weighted by atomic mass is 9.86. The minimum atomic E-state index is -0.0238. The van der Waals surface area contributed by atoms with Crippen LogP contribution in [0.15, 0.2) is 36.4 Å². The van der Waals surface area contributed by atoms with Crippen LogP contribution in [0.3, 0.4) is 0 Å². The third-order valence-corrected chi connectivity index (χ3v) is 5.74. The van der Waals surface area contributed by atoms with Crippen molar-refractivity contribution < 1.29 is 4.79 Å². The van der Waals surface area contributed by atoms with Gasteiger partial charge in [-0.25, -0.2) is 0 Å². The Kier molecular flexibility index (Phi) is 4.79. The Morgan fingerprint density at radius 2 is 1.93 bits per heavy atom. The van der Waals surface area contributed by atoms with Gasteiger partial charge in [0, 0.05) is 19.8 Å². The fraction of sp³-hybridized carbons (Fsp3) is 0.409. The first-order valence-electron chi connectivity index (χ1n) is 9.83. The molecule has 1 aliphatic carbocycles. The standard InChI is InChI=1S/C22H27N5O/c1-15-12-18(26(4)23-15)14-27(22(28)20-13-16(2)25(3)24-20)21-11-7-9-17-8-5-6-10-19(17)21/h5-6,8,10,12-13,21H,7,9,11,14H2,1-4H3/t21-/m1/s1. The molecule has 1 aliphatic rings. The number of aromatic nitrogens is 4. The molecular weight excluding hydrogens is 350 g/mol. The topological polar surface area (TPSA) is 56.0 Å². The van der Waals surface area contributed by atoms with E-state index in [2.05, 4.69) is 40.5 Å². The van der Waals surface area contributed by atoms with E-state index in [-0.39, 0.29) is 11.9 Å². The van der Waals surface area contributed by atoms with Gasteiger partial charge in [0.15, 0.2) is 5.69 Å². The fourth-order valence-electron chi connectivity index (χ4n) is 4.17. The second-order valence-corrected chi connectivity index (χ2v) is 7.74. The highest BCUT2D eigenvalue weighted by molar-refractivity contribution is 5.92. The maximum Gasteiger partial charge on any atom is 0.275 e. The van der Waals surface area contributed by atoms with Gasteiger partial charge in [0.05, 0.1) is 24.0 Å². The molecule has 6 nitrogen and oxygen atoms in total. The summed E-state index contributed by atoms with van der Waals surface area (Å²) >= 11 is 0. The second-order valence-electron chi connectivity index (χ2n) is 7.74. The zero-order valence-corrected chi connectivity index (χ0v) is 17.0. The zero-order chi connectivity index (χ0) is 19.8. The van der Waals surface area contributed by atoms with E-state index in [0.29, 0.717) is 12.2 Å². The number of carbonyl (C=O) groups is 1. The lowest BCUT2D eigenvalue weighted by Gasteiger charge is -2.35. The summed E-state index contributed by atoms with van der Waals surface area (Å²) in [6, 6.07) is 12.5. The molecule has 2 aromatic heterocycles. The Balaban J connectivity index is 1.75. The van der Waals surface area contributed by atoms with E-state index in [0.717, 1.165) is 36.3 Å². The Bertz CT molecular complexity index is 996. The highest BCUT2D eigenvalue weighted by atomic mass is 16.2. The fourth-order valence-corrected chi connectivity index (χ4v) is 4.17. The molecule has 28 heavy (non-hydrogen) atoms. The molecule has 0 bridgehead atoms. The van der Waals surface area contributed by atoms with E-state index >= 15 is 0 Å². The second kappa shape index (κ2) is 7.26. The van der Waals surface area contributed by atoms with Gasteiger partial charge in [-0.1, -0.05) is 24.3 Å². The molecule has 1 atom stereocenters. The largest absolute Gasteiger partial charge is 0.324 e. The highest BCUT2D eigenvalue weighted by Gasteiger charge is 2.31. The van der Waals surface area contributed by atoms with Crippen molar-refractivity contribution in [2.45, 2.75) is 45.7 Å². The number of nitrogens with zero attached hydrogens (tertiary/aromatic N) is 5. The molecule has 1 amide bonds. The van der Waals surface area contributed by atoms with Gasteiger partial charge in [-0.3, -0.25) is 14.2 Å². The molecular formula is C22H27N5O. The van der Waals surface area contributed by atoms with Gasteiger partial charge in [0.25, 0.3) is 5.91 Å². The monoisotopic (exact) mass is 377 g/mol. The molecule has 0 unspecified atom stereocenters. The maximum absolute atomic E-state index is 13.6. The van der Waals surface area contributed by atoms with Crippen molar-refractivity contribution in [3.63, 3.8) is 0 Å². The van der Waals surface area contributed by atoms with Gasteiger partial charge in [-0.05, 0) is 56.4 Å². The minimum absolute atomic E-state index is 0.0238. The van der Waals surface area contributed by atoms with Crippen molar-refractivity contribution in [2.24, 2.45) is 14.1 Å². The number of hydrogen-bond acceptors (Lipinski definition) is 3. The van der Waals surface area contributed by atoms with Crippen molar-refractivity contribution >= 4 is 5.91 Å². The average molecular weight is 377 g/mol. The van der Waals surface area contributed by atoms with E-state index in [4.69, 9.17) is 0 Å². The molecule has 6 heteroatoms. The van der Waals surface area contributed by atoms with E-state index < -0.39 is 0 Å². The molecule has 146 valence electrons. The van der Waals surface area contributed by atoms with Crippen LogP contribution in [0.1, 0.15) is 57.6 Å². The quantitative estimate of drug-likeness (QED) is 0.699. The summed E-state index contributed by atoms with van der Waals surface area (Å²) in [4.78, 5) is 15.5. The third kappa shape index (κ3) is 3.35. The van der Waals surface area contributed by atoms with Gasteiger partial charge in [0.1, 0.15) is 0 Å². The highest BCUT2D eigenvalue weighted by Crippen LogP contribution is 2.36. The van der Waals surface area contributed by atoms with Gasteiger partial charge in [0.2, 0.25) is 0 Å². The van der Waals surface area contributed by atoms with Crippen LogP contribution in [0.4, 0.5) is 0 Å². The van der Waals surface area contributed by atoms with E-state index in [1.165, 1.54) is 11.1 Å². The summed E-state index contributed by atoms with van der Waals surface area (Å²) in [5.74, 6) is -0.0238. The normalized spacial score (nSPS) is 16.1. The van der Waals surface area contributed by atoms with Crippen LogP contribution in [0, 0.1) is 13.8 Å². The summed E-state index contributed by atoms with van der Waals surface area (Å²) < 4.78 is 3.63. The summed E-state index contributed by atoms with van der Waals surface area (Å²) in [6.45, 7) is 4.47. The Morgan fingerprint density at radius 1 is 1.14 bits per heavy atom. The van der Waals surface area contributed by atoms with Gasteiger partial charge < -0.3 is 4.90 Å². The number of amides is 1.